The van der Waals surface area contributed by atoms with Crippen molar-refractivity contribution in [3.63, 3.8) is 0 Å². The molecule has 19 heavy (non-hydrogen) atoms. The molecule has 0 aliphatic carbocycles. The summed E-state index contributed by atoms with van der Waals surface area (Å²) in [7, 11) is 0. The molecule has 0 amide bonds. The lowest BCUT2D eigenvalue weighted by Gasteiger charge is -2.35. The van der Waals surface area contributed by atoms with Crippen molar-refractivity contribution in [3.05, 3.63) is 35.4 Å². The first-order valence-electron chi connectivity index (χ1n) is 6.58. The third kappa shape index (κ3) is 3.49. The number of ether oxygens (including phenoxy) is 1. The van der Waals surface area contributed by atoms with Crippen LogP contribution in [0.15, 0.2) is 18.2 Å². The first-order valence-corrected chi connectivity index (χ1v) is 6.58. The molecule has 1 aliphatic heterocycles. The molecule has 2 unspecified atom stereocenters. The van der Waals surface area contributed by atoms with Crippen molar-refractivity contribution in [2.24, 2.45) is 0 Å². The monoisotopic (exact) mass is 271 g/mol. The zero-order valence-corrected chi connectivity index (χ0v) is 11.0. The van der Waals surface area contributed by atoms with Gasteiger partial charge < -0.3 is 9.84 Å². The van der Waals surface area contributed by atoms with Crippen LogP contribution >= 0.6 is 0 Å². The molecule has 2 atom stereocenters. The Kier molecular flexibility index (Phi) is 4.85. The fourth-order valence-electron chi connectivity index (χ4n) is 2.38. The van der Waals surface area contributed by atoms with E-state index in [0.29, 0.717) is 13.2 Å². The second-order valence-corrected chi connectivity index (χ2v) is 4.82. The molecule has 1 aromatic carbocycles. The van der Waals surface area contributed by atoms with Crippen molar-refractivity contribution in [1.82, 2.24) is 4.90 Å². The van der Waals surface area contributed by atoms with Crippen molar-refractivity contribution in [2.75, 3.05) is 26.2 Å². The molecule has 1 heterocycles. The molecule has 3 nitrogen and oxygen atoms in total. The normalized spacial score (nSPS) is 22.4. The highest BCUT2D eigenvalue weighted by Crippen LogP contribution is 2.25. The van der Waals surface area contributed by atoms with Gasteiger partial charge in [-0.1, -0.05) is 13.0 Å². The molecule has 0 bridgehead atoms. The van der Waals surface area contributed by atoms with Gasteiger partial charge in [-0.2, -0.15) is 0 Å². The Morgan fingerprint density at radius 1 is 1.47 bits per heavy atom. The maximum Gasteiger partial charge on any atom is 0.132 e. The number of halogens is 2. The van der Waals surface area contributed by atoms with Gasteiger partial charge >= 0.3 is 0 Å². The lowest BCUT2D eigenvalue weighted by molar-refractivity contribution is -0.0907. The van der Waals surface area contributed by atoms with E-state index in [0.717, 1.165) is 31.6 Å². The highest BCUT2D eigenvalue weighted by molar-refractivity contribution is 5.22. The molecule has 0 radical (unpaired) electrons. The highest BCUT2D eigenvalue weighted by Gasteiger charge is 2.29. The van der Waals surface area contributed by atoms with Crippen LogP contribution in [-0.2, 0) is 4.74 Å². The maximum absolute atomic E-state index is 13.6. The molecular weight excluding hydrogens is 252 g/mol. The van der Waals surface area contributed by atoms with Crippen LogP contribution in [-0.4, -0.2) is 42.4 Å². The molecule has 5 heteroatoms. The fourth-order valence-corrected chi connectivity index (χ4v) is 2.38. The summed E-state index contributed by atoms with van der Waals surface area (Å²) < 4.78 is 32.0. The summed E-state index contributed by atoms with van der Waals surface area (Å²) in [4.78, 5) is 2.18. The number of aliphatic hydroxyl groups excluding tert-OH is 1. The Morgan fingerprint density at radius 2 is 2.26 bits per heavy atom. The summed E-state index contributed by atoms with van der Waals surface area (Å²) >= 11 is 0. The zero-order chi connectivity index (χ0) is 13.8. The lowest BCUT2D eigenvalue weighted by Crippen LogP contribution is -2.45. The summed E-state index contributed by atoms with van der Waals surface area (Å²) in [5, 5.41) is 10.2. The predicted octanol–water partition coefficient (Wildman–Crippen LogP) is 2.11. The molecule has 1 fully saturated rings. The molecule has 1 aliphatic rings. The Hall–Kier alpha value is -1.04. The Morgan fingerprint density at radius 3 is 2.95 bits per heavy atom. The van der Waals surface area contributed by atoms with Gasteiger partial charge in [0.1, 0.15) is 23.8 Å². The molecule has 1 aromatic rings. The third-order valence-corrected chi connectivity index (χ3v) is 3.35. The van der Waals surface area contributed by atoms with Crippen molar-refractivity contribution in [2.45, 2.75) is 25.6 Å². The van der Waals surface area contributed by atoms with Gasteiger partial charge in [0.25, 0.3) is 0 Å². The van der Waals surface area contributed by atoms with E-state index in [1.807, 2.05) is 0 Å². The van der Waals surface area contributed by atoms with Crippen molar-refractivity contribution < 1.29 is 18.6 Å². The maximum atomic E-state index is 13.6. The number of aliphatic hydroxyl groups is 1. The predicted molar refractivity (Wildman–Crippen MR) is 67.8 cm³/mol. The summed E-state index contributed by atoms with van der Waals surface area (Å²) in [6.07, 6.45) is -0.520. The van der Waals surface area contributed by atoms with Gasteiger partial charge in [0.05, 0.1) is 6.61 Å². The molecular formula is C14H19F2NO2. The van der Waals surface area contributed by atoms with E-state index in [2.05, 4.69) is 11.8 Å². The second kappa shape index (κ2) is 6.41. The summed E-state index contributed by atoms with van der Waals surface area (Å²) in [6.45, 7) is 4.92. The number of nitrogens with zero attached hydrogens (tertiary/aromatic N) is 1. The molecule has 0 spiro atoms. The molecule has 0 aromatic heterocycles. The minimum atomic E-state index is -1.07. The van der Waals surface area contributed by atoms with Crippen LogP contribution in [0.3, 0.4) is 0 Å². The Labute approximate surface area is 111 Å². The molecule has 2 rings (SSSR count). The van der Waals surface area contributed by atoms with Crippen LogP contribution in [0, 0.1) is 11.6 Å². The second-order valence-electron chi connectivity index (χ2n) is 4.82. The first-order chi connectivity index (χ1) is 9.11. The molecule has 1 saturated heterocycles. The van der Waals surface area contributed by atoms with Gasteiger partial charge in [0.2, 0.25) is 0 Å². The summed E-state index contributed by atoms with van der Waals surface area (Å²) in [5.41, 5.74) is 0.0877. The lowest BCUT2D eigenvalue weighted by atomic mass is 10.0. The third-order valence-electron chi connectivity index (χ3n) is 3.35. The van der Waals surface area contributed by atoms with Crippen LogP contribution in [0.4, 0.5) is 8.78 Å². The van der Waals surface area contributed by atoms with Gasteiger partial charge in [-0.3, -0.25) is 4.90 Å². The number of rotatable bonds is 4. The van der Waals surface area contributed by atoms with Gasteiger partial charge in [0, 0.05) is 24.7 Å². The summed E-state index contributed by atoms with van der Waals surface area (Å²) in [5.74, 6) is -1.38. The largest absolute Gasteiger partial charge is 0.386 e. The number of hydrogen-bond donors (Lipinski definition) is 1. The van der Waals surface area contributed by atoms with Crippen LogP contribution < -0.4 is 0 Å². The minimum absolute atomic E-state index is 0.0877. The summed E-state index contributed by atoms with van der Waals surface area (Å²) in [6, 6.07) is 3.21. The van der Waals surface area contributed by atoms with Gasteiger partial charge in [-0.25, -0.2) is 8.78 Å². The van der Waals surface area contributed by atoms with Crippen LogP contribution in [0.25, 0.3) is 0 Å². The highest BCUT2D eigenvalue weighted by atomic mass is 19.1. The van der Waals surface area contributed by atoms with E-state index in [4.69, 9.17) is 4.74 Å². The Balaban J connectivity index is 2.07. The SMILES string of the molecule is CCCN1CCOC(C(O)c2ccc(F)cc2F)C1. The first kappa shape index (κ1) is 14.4. The standard InChI is InChI=1S/C14H19F2NO2/c1-2-5-17-6-7-19-13(9-17)14(18)11-4-3-10(15)8-12(11)16/h3-4,8,13-14,18H,2,5-7,9H2,1H3. The van der Waals surface area contributed by atoms with Gasteiger partial charge in [-0.05, 0) is 19.0 Å². The van der Waals surface area contributed by atoms with Crippen LogP contribution in [0.5, 0.6) is 0 Å². The van der Waals surface area contributed by atoms with Crippen molar-refractivity contribution in [1.29, 1.82) is 0 Å². The Bertz CT molecular complexity index is 426. The van der Waals surface area contributed by atoms with E-state index >= 15 is 0 Å². The number of benzene rings is 1. The topological polar surface area (TPSA) is 32.7 Å². The van der Waals surface area contributed by atoms with E-state index in [1.54, 1.807) is 0 Å². The molecule has 0 saturated carbocycles. The van der Waals surface area contributed by atoms with Gasteiger partial charge in [0.15, 0.2) is 0 Å². The number of morpholine rings is 1. The number of hydrogen-bond acceptors (Lipinski definition) is 3. The quantitative estimate of drug-likeness (QED) is 0.910. The molecule has 1 N–H and O–H groups in total. The fraction of sp³-hybridized carbons (Fsp3) is 0.571. The van der Waals surface area contributed by atoms with E-state index in [-0.39, 0.29) is 5.56 Å². The van der Waals surface area contributed by atoms with Gasteiger partial charge in [-0.15, -0.1) is 0 Å². The molecule has 106 valence electrons. The average Bonchev–Trinajstić information content (AvgIpc) is 2.39. The van der Waals surface area contributed by atoms with Crippen LogP contribution in [0.2, 0.25) is 0 Å². The van der Waals surface area contributed by atoms with Crippen molar-refractivity contribution in [3.8, 4) is 0 Å². The zero-order valence-electron chi connectivity index (χ0n) is 11.0. The minimum Gasteiger partial charge on any atom is -0.386 e. The van der Waals surface area contributed by atoms with E-state index in [9.17, 15) is 13.9 Å². The average molecular weight is 271 g/mol. The smallest absolute Gasteiger partial charge is 0.132 e. The van der Waals surface area contributed by atoms with E-state index in [1.165, 1.54) is 6.07 Å². The van der Waals surface area contributed by atoms with Crippen LogP contribution in [0.1, 0.15) is 25.0 Å². The van der Waals surface area contributed by atoms with Crippen molar-refractivity contribution >= 4 is 0 Å². The van der Waals surface area contributed by atoms with E-state index < -0.39 is 23.8 Å².